The molecular weight excluding hydrogens is 360 g/mol. The van der Waals surface area contributed by atoms with Crippen LogP contribution in [0, 0.1) is 11.3 Å². The lowest BCUT2D eigenvalue weighted by Crippen LogP contribution is -2.21. The number of rotatable bonds is 7. The Morgan fingerprint density at radius 3 is 2.61 bits per heavy atom. The summed E-state index contributed by atoms with van der Waals surface area (Å²) in [6.07, 6.45) is 0. The van der Waals surface area contributed by atoms with Crippen molar-refractivity contribution in [2.75, 3.05) is 18.5 Å². The molecule has 3 aromatic rings. The van der Waals surface area contributed by atoms with Crippen LogP contribution < -0.4 is 5.32 Å². The summed E-state index contributed by atoms with van der Waals surface area (Å²) in [5.41, 5.74) is 2.12. The van der Waals surface area contributed by atoms with Crippen molar-refractivity contribution >= 4 is 28.5 Å². The first-order valence-corrected chi connectivity index (χ1v) is 8.67. The number of esters is 1. The second-order valence-corrected chi connectivity index (χ2v) is 5.86. The highest BCUT2D eigenvalue weighted by Gasteiger charge is 2.22. The van der Waals surface area contributed by atoms with Crippen molar-refractivity contribution in [3.05, 3.63) is 65.4 Å². The Hall–Kier alpha value is -3.63. The Balaban J connectivity index is 1.67. The number of nitrogens with one attached hydrogen (secondary N) is 1. The lowest BCUT2D eigenvalue weighted by molar-refractivity contribution is -0.119. The van der Waals surface area contributed by atoms with Crippen LogP contribution >= 0.6 is 0 Å². The number of anilines is 1. The third kappa shape index (κ3) is 4.37. The second-order valence-electron chi connectivity index (χ2n) is 5.86. The van der Waals surface area contributed by atoms with Crippen molar-refractivity contribution in [1.29, 1.82) is 5.26 Å². The van der Waals surface area contributed by atoms with Crippen LogP contribution in [0.3, 0.4) is 0 Å². The maximum absolute atomic E-state index is 12.5. The van der Waals surface area contributed by atoms with E-state index in [1.165, 1.54) is 0 Å². The molecule has 0 fully saturated rings. The maximum atomic E-state index is 12.5. The normalized spacial score (nSPS) is 10.4. The Kier molecular flexibility index (Phi) is 6.04. The van der Waals surface area contributed by atoms with E-state index in [4.69, 9.17) is 19.2 Å². The number of nitriles is 1. The molecule has 0 saturated heterocycles. The number of benzene rings is 2. The number of hydrogen-bond acceptors (Lipinski definition) is 6. The summed E-state index contributed by atoms with van der Waals surface area (Å²) in [4.78, 5) is 24.5. The molecular formula is C21H18N2O5. The zero-order chi connectivity index (χ0) is 19.9. The first-order valence-electron chi connectivity index (χ1n) is 8.67. The number of nitrogens with zero attached hydrogens (tertiary/aromatic N) is 1. The molecule has 0 radical (unpaired) electrons. The van der Waals surface area contributed by atoms with E-state index in [2.05, 4.69) is 5.32 Å². The van der Waals surface area contributed by atoms with Gasteiger partial charge in [0.1, 0.15) is 5.58 Å². The lowest BCUT2D eigenvalue weighted by Gasteiger charge is -2.07. The standard InChI is InChI=1S/C21H18N2O5/c1-2-26-12-17-16-5-3-4-6-18(16)28-20(17)21(25)27-13-19(24)23-15-9-7-14(11-22)8-10-15/h3-10H,2,12-13H2,1H3,(H,23,24). The number of amides is 1. The molecule has 0 spiro atoms. The van der Waals surface area contributed by atoms with E-state index in [1.807, 2.05) is 25.1 Å². The minimum absolute atomic E-state index is 0.0285. The number of fused-ring (bicyclic) bond motifs is 1. The van der Waals surface area contributed by atoms with E-state index in [9.17, 15) is 9.59 Å². The van der Waals surface area contributed by atoms with Crippen LogP contribution in [0.1, 0.15) is 28.6 Å². The van der Waals surface area contributed by atoms with E-state index in [-0.39, 0.29) is 12.4 Å². The molecule has 0 aliphatic heterocycles. The summed E-state index contributed by atoms with van der Waals surface area (Å²) in [6.45, 7) is 2.08. The first kappa shape index (κ1) is 19.1. The molecule has 7 heteroatoms. The SMILES string of the molecule is CCOCc1c(C(=O)OCC(=O)Nc2ccc(C#N)cc2)oc2ccccc12. The van der Waals surface area contributed by atoms with Gasteiger partial charge in [-0.05, 0) is 37.3 Å². The topological polar surface area (TPSA) is 102 Å². The fourth-order valence-corrected chi connectivity index (χ4v) is 2.63. The van der Waals surface area contributed by atoms with E-state index < -0.39 is 18.5 Å². The molecule has 0 saturated carbocycles. The van der Waals surface area contributed by atoms with Gasteiger partial charge < -0.3 is 19.2 Å². The molecule has 3 rings (SSSR count). The molecule has 0 unspecified atom stereocenters. The van der Waals surface area contributed by atoms with Crippen LogP contribution in [0.4, 0.5) is 5.69 Å². The van der Waals surface area contributed by atoms with Gasteiger partial charge >= 0.3 is 5.97 Å². The van der Waals surface area contributed by atoms with Gasteiger partial charge in [-0.3, -0.25) is 4.79 Å². The highest BCUT2D eigenvalue weighted by atomic mass is 16.5. The Morgan fingerprint density at radius 1 is 1.14 bits per heavy atom. The van der Waals surface area contributed by atoms with Crippen molar-refractivity contribution in [2.45, 2.75) is 13.5 Å². The van der Waals surface area contributed by atoms with Crippen molar-refractivity contribution in [3.8, 4) is 6.07 Å². The van der Waals surface area contributed by atoms with E-state index >= 15 is 0 Å². The third-order valence-corrected chi connectivity index (χ3v) is 3.97. The van der Waals surface area contributed by atoms with E-state index in [0.29, 0.717) is 29.0 Å². The van der Waals surface area contributed by atoms with Crippen LogP contribution in [0.5, 0.6) is 0 Å². The summed E-state index contributed by atoms with van der Waals surface area (Å²) in [5, 5.41) is 12.1. The quantitative estimate of drug-likeness (QED) is 0.630. The minimum Gasteiger partial charge on any atom is -0.450 e. The van der Waals surface area contributed by atoms with Crippen molar-refractivity contribution in [1.82, 2.24) is 0 Å². The summed E-state index contributed by atoms with van der Waals surface area (Å²) in [6, 6.07) is 15.6. The summed E-state index contributed by atoms with van der Waals surface area (Å²) >= 11 is 0. The summed E-state index contributed by atoms with van der Waals surface area (Å²) < 4.78 is 16.2. The van der Waals surface area contributed by atoms with Crippen molar-refractivity contribution in [3.63, 3.8) is 0 Å². The van der Waals surface area contributed by atoms with Gasteiger partial charge in [0.15, 0.2) is 6.61 Å². The minimum atomic E-state index is -0.735. The Morgan fingerprint density at radius 2 is 1.89 bits per heavy atom. The highest BCUT2D eigenvalue weighted by molar-refractivity contribution is 5.98. The smallest absolute Gasteiger partial charge is 0.375 e. The average molecular weight is 378 g/mol. The van der Waals surface area contributed by atoms with E-state index in [1.54, 1.807) is 36.4 Å². The van der Waals surface area contributed by atoms with Crippen LogP contribution in [0.15, 0.2) is 52.9 Å². The molecule has 1 aromatic heterocycles. The first-order chi connectivity index (χ1) is 13.6. The molecule has 1 N–H and O–H groups in total. The van der Waals surface area contributed by atoms with Gasteiger partial charge in [0.05, 0.1) is 18.2 Å². The van der Waals surface area contributed by atoms with Gasteiger partial charge in [0, 0.05) is 23.2 Å². The van der Waals surface area contributed by atoms with Gasteiger partial charge in [0.2, 0.25) is 5.76 Å². The summed E-state index contributed by atoms with van der Waals surface area (Å²) in [5.74, 6) is -1.21. The number of carbonyl (C=O) groups is 2. The fourth-order valence-electron chi connectivity index (χ4n) is 2.63. The zero-order valence-electron chi connectivity index (χ0n) is 15.2. The van der Waals surface area contributed by atoms with Gasteiger partial charge in [0.25, 0.3) is 5.91 Å². The van der Waals surface area contributed by atoms with Crippen molar-refractivity contribution in [2.24, 2.45) is 0 Å². The van der Waals surface area contributed by atoms with Crippen LogP contribution in [0.25, 0.3) is 11.0 Å². The number of furan rings is 1. The zero-order valence-corrected chi connectivity index (χ0v) is 15.2. The number of ether oxygens (including phenoxy) is 2. The fraction of sp³-hybridized carbons (Fsp3) is 0.190. The monoisotopic (exact) mass is 378 g/mol. The number of hydrogen-bond donors (Lipinski definition) is 1. The molecule has 0 atom stereocenters. The molecule has 2 aromatic carbocycles. The van der Waals surface area contributed by atoms with Gasteiger partial charge in [-0.2, -0.15) is 5.26 Å². The third-order valence-electron chi connectivity index (χ3n) is 3.97. The van der Waals surface area contributed by atoms with Crippen LogP contribution in [-0.2, 0) is 20.9 Å². The Bertz CT molecular complexity index is 1030. The molecule has 1 amide bonds. The van der Waals surface area contributed by atoms with Crippen LogP contribution in [-0.4, -0.2) is 25.1 Å². The van der Waals surface area contributed by atoms with Gasteiger partial charge in [-0.15, -0.1) is 0 Å². The molecule has 0 aliphatic rings. The lowest BCUT2D eigenvalue weighted by atomic mass is 10.1. The number of carbonyl (C=O) groups excluding carboxylic acids is 2. The molecule has 28 heavy (non-hydrogen) atoms. The van der Waals surface area contributed by atoms with Crippen molar-refractivity contribution < 1.29 is 23.5 Å². The second kappa shape index (κ2) is 8.84. The van der Waals surface area contributed by atoms with Gasteiger partial charge in [-0.1, -0.05) is 18.2 Å². The predicted octanol–water partition coefficient (Wildman–Crippen LogP) is 3.64. The molecule has 0 bridgehead atoms. The largest absolute Gasteiger partial charge is 0.450 e. The maximum Gasteiger partial charge on any atom is 0.375 e. The van der Waals surface area contributed by atoms with Crippen LogP contribution in [0.2, 0.25) is 0 Å². The summed E-state index contributed by atoms with van der Waals surface area (Å²) in [7, 11) is 0. The molecule has 0 aliphatic carbocycles. The molecule has 7 nitrogen and oxygen atoms in total. The Labute approximate surface area is 161 Å². The average Bonchev–Trinajstić information content (AvgIpc) is 3.09. The molecule has 1 heterocycles. The van der Waals surface area contributed by atoms with E-state index in [0.717, 1.165) is 5.39 Å². The highest BCUT2D eigenvalue weighted by Crippen LogP contribution is 2.27. The predicted molar refractivity (Wildman–Crippen MR) is 102 cm³/mol. The van der Waals surface area contributed by atoms with Gasteiger partial charge in [-0.25, -0.2) is 4.79 Å². The molecule has 142 valence electrons. The number of para-hydroxylation sites is 1.